The first-order valence-corrected chi connectivity index (χ1v) is 11.5. The minimum Gasteiger partial charge on any atom is -0.461 e. The topological polar surface area (TPSA) is 83.5 Å². The molecular weight excluding hydrogens is 392 g/mol. The number of aromatic nitrogens is 1. The van der Waals surface area contributed by atoms with Crippen LogP contribution in [0, 0.1) is 0 Å². The number of hydrogen-bond donors (Lipinski definition) is 1. The van der Waals surface area contributed by atoms with Gasteiger partial charge in [-0.15, -0.1) is 0 Å². The van der Waals surface area contributed by atoms with Gasteiger partial charge in [-0.3, -0.25) is 9.36 Å². The van der Waals surface area contributed by atoms with Crippen molar-refractivity contribution in [2.75, 3.05) is 0 Å². The average molecular weight is 429 g/mol. The van der Waals surface area contributed by atoms with Gasteiger partial charge in [-0.1, -0.05) is 43.9 Å². The molecule has 1 aliphatic rings. The summed E-state index contributed by atoms with van der Waals surface area (Å²) in [6.45, 7) is 5.50. The van der Waals surface area contributed by atoms with Gasteiger partial charge < -0.3 is 15.2 Å². The zero-order chi connectivity index (χ0) is 22.4. The van der Waals surface area contributed by atoms with Crippen LogP contribution in [0.5, 0.6) is 0 Å². The van der Waals surface area contributed by atoms with Gasteiger partial charge in [0.1, 0.15) is 17.7 Å². The van der Waals surface area contributed by atoms with Crippen LogP contribution < -0.4 is 5.73 Å². The Morgan fingerprint density at radius 3 is 2.32 bits per heavy atom. The van der Waals surface area contributed by atoms with Crippen LogP contribution in [-0.2, 0) is 20.7 Å². The summed E-state index contributed by atoms with van der Waals surface area (Å²) in [5, 5.41) is 0.888. The summed E-state index contributed by atoms with van der Waals surface area (Å²) in [6.07, 6.45) is 10.5. The molecule has 0 unspecified atom stereocenters. The molecular formula is C25H36N2O4. The van der Waals surface area contributed by atoms with Gasteiger partial charge in [0, 0.05) is 18.0 Å². The largest absolute Gasteiger partial charge is 0.461 e. The molecule has 0 spiro atoms. The van der Waals surface area contributed by atoms with E-state index in [1.54, 1.807) is 6.20 Å². The molecule has 1 aromatic heterocycles. The van der Waals surface area contributed by atoms with Crippen LogP contribution in [0.2, 0.25) is 0 Å². The average Bonchev–Trinajstić information content (AvgIpc) is 3.12. The summed E-state index contributed by atoms with van der Waals surface area (Å²) < 4.78 is 12.8. The van der Waals surface area contributed by atoms with Gasteiger partial charge in [0.25, 0.3) is 0 Å². The Kier molecular flexibility index (Phi) is 7.76. The fourth-order valence-electron chi connectivity index (χ4n) is 4.16. The normalized spacial score (nSPS) is 17.4. The third-order valence-corrected chi connectivity index (χ3v) is 5.71. The maximum atomic E-state index is 12.7. The Morgan fingerprint density at radius 2 is 1.68 bits per heavy atom. The summed E-state index contributed by atoms with van der Waals surface area (Å²) in [5.41, 5.74) is 7.22. The second-order valence-electron chi connectivity index (χ2n) is 9.59. The molecule has 6 nitrogen and oxygen atoms in total. The Morgan fingerprint density at radius 1 is 1.06 bits per heavy atom. The quantitative estimate of drug-likeness (QED) is 0.665. The molecule has 2 N–H and O–H groups in total. The SMILES string of the molecule is CC(C)(C)OC(=O)n1cc(C[C@H](N)C(=O)OC2CCCCCCCC2)c2ccccc21. The molecule has 170 valence electrons. The molecule has 1 aliphatic carbocycles. The first-order valence-electron chi connectivity index (χ1n) is 11.5. The van der Waals surface area contributed by atoms with Crippen LogP contribution in [0.15, 0.2) is 30.5 Å². The molecule has 0 amide bonds. The lowest BCUT2D eigenvalue weighted by Crippen LogP contribution is -2.36. The van der Waals surface area contributed by atoms with E-state index in [1.807, 2.05) is 45.0 Å². The molecule has 0 bridgehead atoms. The van der Waals surface area contributed by atoms with E-state index < -0.39 is 17.7 Å². The van der Waals surface area contributed by atoms with E-state index in [-0.39, 0.29) is 12.1 Å². The van der Waals surface area contributed by atoms with Crippen molar-refractivity contribution in [3.63, 3.8) is 0 Å². The highest BCUT2D eigenvalue weighted by Gasteiger charge is 2.25. The molecule has 0 aliphatic heterocycles. The van der Waals surface area contributed by atoms with Gasteiger partial charge in [0.2, 0.25) is 0 Å². The molecule has 0 saturated heterocycles. The highest BCUT2D eigenvalue weighted by molar-refractivity contribution is 5.92. The van der Waals surface area contributed by atoms with Crippen molar-refractivity contribution >= 4 is 23.0 Å². The predicted octanol–water partition coefficient (Wildman–Crippen LogP) is 5.34. The number of fused-ring (bicyclic) bond motifs is 1. The number of esters is 1. The molecule has 1 saturated carbocycles. The van der Waals surface area contributed by atoms with Crippen LogP contribution in [0.1, 0.15) is 77.7 Å². The lowest BCUT2D eigenvalue weighted by Gasteiger charge is -2.20. The van der Waals surface area contributed by atoms with E-state index in [0.717, 1.165) is 42.1 Å². The number of nitrogens with two attached hydrogens (primary N) is 1. The third kappa shape index (κ3) is 6.57. The third-order valence-electron chi connectivity index (χ3n) is 5.71. The van der Waals surface area contributed by atoms with Crippen LogP contribution >= 0.6 is 0 Å². The minimum atomic E-state index is -0.773. The Balaban J connectivity index is 1.71. The predicted molar refractivity (Wildman–Crippen MR) is 122 cm³/mol. The Hall–Kier alpha value is -2.34. The number of ether oxygens (including phenoxy) is 2. The smallest absolute Gasteiger partial charge is 0.419 e. The lowest BCUT2D eigenvalue weighted by atomic mass is 10.0. The second-order valence-corrected chi connectivity index (χ2v) is 9.59. The summed E-state index contributed by atoms with van der Waals surface area (Å²) in [4.78, 5) is 25.4. The molecule has 2 aromatic rings. The van der Waals surface area contributed by atoms with E-state index in [1.165, 1.54) is 30.3 Å². The second kappa shape index (κ2) is 10.3. The van der Waals surface area contributed by atoms with Crippen molar-refractivity contribution in [2.45, 2.75) is 96.3 Å². The Labute approximate surface area is 185 Å². The molecule has 1 heterocycles. The first-order chi connectivity index (χ1) is 14.7. The van der Waals surface area contributed by atoms with Crippen LogP contribution in [0.25, 0.3) is 10.9 Å². The summed E-state index contributed by atoms with van der Waals surface area (Å²) in [7, 11) is 0. The van der Waals surface area contributed by atoms with Crippen molar-refractivity contribution in [1.29, 1.82) is 0 Å². The van der Waals surface area contributed by atoms with Crippen LogP contribution in [0.4, 0.5) is 4.79 Å². The van der Waals surface area contributed by atoms with Crippen molar-refractivity contribution < 1.29 is 19.1 Å². The summed E-state index contributed by atoms with van der Waals surface area (Å²) in [6, 6.07) is 6.81. The summed E-state index contributed by atoms with van der Waals surface area (Å²) in [5.74, 6) is -0.363. The molecule has 1 aromatic carbocycles. The number of carbonyl (C=O) groups excluding carboxylic acids is 2. The molecule has 31 heavy (non-hydrogen) atoms. The maximum Gasteiger partial charge on any atom is 0.419 e. The van der Waals surface area contributed by atoms with Gasteiger partial charge in [-0.2, -0.15) is 0 Å². The van der Waals surface area contributed by atoms with Crippen LogP contribution in [0.3, 0.4) is 0 Å². The fraction of sp³-hybridized carbons (Fsp3) is 0.600. The molecule has 3 rings (SSSR count). The van der Waals surface area contributed by atoms with E-state index in [2.05, 4.69) is 0 Å². The van der Waals surface area contributed by atoms with E-state index in [9.17, 15) is 9.59 Å². The number of para-hydroxylation sites is 1. The zero-order valence-corrected chi connectivity index (χ0v) is 19.1. The van der Waals surface area contributed by atoms with Crippen molar-refractivity contribution in [3.05, 3.63) is 36.0 Å². The van der Waals surface area contributed by atoms with E-state index in [0.29, 0.717) is 6.42 Å². The molecule has 0 radical (unpaired) electrons. The lowest BCUT2D eigenvalue weighted by molar-refractivity contribution is -0.151. The number of nitrogens with zero attached hydrogens (tertiary/aromatic N) is 1. The zero-order valence-electron chi connectivity index (χ0n) is 19.1. The highest BCUT2D eigenvalue weighted by Crippen LogP contribution is 2.25. The summed E-state index contributed by atoms with van der Waals surface area (Å²) >= 11 is 0. The standard InChI is InChI=1S/C25H36N2O4/c1-25(2,3)31-24(29)27-17-18(20-14-10-11-15-22(20)27)16-21(26)23(28)30-19-12-8-6-4-5-7-9-13-19/h10-11,14-15,17,19,21H,4-9,12-13,16,26H2,1-3H3/t21-/m0/s1. The number of benzene rings is 1. The van der Waals surface area contributed by atoms with Gasteiger partial charge in [-0.05, 0) is 58.1 Å². The Bertz CT molecular complexity index is 887. The van der Waals surface area contributed by atoms with E-state index >= 15 is 0 Å². The monoisotopic (exact) mass is 428 g/mol. The molecule has 6 heteroatoms. The van der Waals surface area contributed by atoms with Crippen molar-refractivity contribution in [1.82, 2.24) is 4.57 Å². The van der Waals surface area contributed by atoms with Gasteiger partial charge in [0.05, 0.1) is 5.52 Å². The molecule has 1 atom stereocenters. The number of rotatable bonds is 4. The maximum absolute atomic E-state index is 12.7. The van der Waals surface area contributed by atoms with Gasteiger partial charge in [-0.25, -0.2) is 4.79 Å². The van der Waals surface area contributed by atoms with Crippen molar-refractivity contribution in [3.8, 4) is 0 Å². The molecule has 1 fully saturated rings. The number of hydrogen-bond acceptors (Lipinski definition) is 5. The minimum absolute atomic E-state index is 0.0419. The van der Waals surface area contributed by atoms with Gasteiger partial charge >= 0.3 is 12.1 Å². The fourth-order valence-corrected chi connectivity index (χ4v) is 4.16. The highest BCUT2D eigenvalue weighted by atomic mass is 16.6. The van der Waals surface area contributed by atoms with E-state index in [4.69, 9.17) is 15.2 Å². The van der Waals surface area contributed by atoms with Gasteiger partial charge in [0.15, 0.2) is 0 Å². The van der Waals surface area contributed by atoms with Crippen LogP contribution in [-0.4, -0.2) is 34.4 Å². The van der Waals surface area contributed by atoms with Crippen molar-refractivity contribution in [2.24, 2.45) is 5.73 Å². The number of carbonyl (C=O) groups is 2. The first kappa shape index (κ1) is 23.3.